The maximum Gasteiger partial charge on any atom is 0.273 e. The first-order chi connectivity index (χ1) is 9.32. The van der Waals surface area contributed by atoms with Crippen LogP contribution in [0.4, 0.5) is 0 Å². The van der Waals surface area contributed by atoms with Crippen LogP contribution in [0.3, 0.4) is 0 Å². The Kier molecular flexibility index (Phi) is 3.92. The Labute approximate surface area is 118 Å². The van der Waals surface area contributed by atoms with Gasteiger partial charge in [-0.15, -0.1) is 10.2 Å². The third kappa shape index (κ3) is 2.88. The molecule has 0 aliphatic rings. The lowest BCUT2D eigenvalue weighted by Gasteiger charge is -2.09. The summed E-state index contributed by atoms with van der Waals surface area (Å²) in [5, 5.41) is 12.6. The summed E-state index contributed by atoms with van der Waals surface area (Å²) in [5.41, 5.74) is 3.39. The van der Waals surface area contributed by atoms with Gasteiger partial charge in [-0.05, 0) is 31.9 Å². The van der Waals surface area contributed by atoms with Crippen molar-refractivity contribution < 1.29 is 8.42 Å². The molecule has 0 saturated carbocycles. The molecule has 0 saturated heterocycles. The second-order valence-corrected chi connectivity index (χ2v) is 6.25. The first kappa shape index (κ1) is 14.7. The van der Waals surface area contributed by atoms with Crippen LogP contribution >= 0.6 is 0 Å². The molecule has 0 radical (unpaired) electrons. The zero-order valence-corrected chi connectivity index (χ0v) is 12.6. The van der Waals surface area contributed by atoms with Crippen LogP contribution in [0.15, 0.2) is 23.4 Å². The fourth-order valence-electron chi connectivity index (χ4n) is 2.14. The number of hydrogen-bond donors (Lipinski definition) is 1. The average Bonchev–Trinajstić information content (AvgIpc) is 2.76. The van der Waals surface area contributed by atoms with E-state index in [9.17, 15) is 8.42 Å². The largest absolute Gasteiger partial charge is 0.301 e. The normalized spacial score (nSPS) is 11.8. The van der Waals surface area contributed by atoms with E-state index in [0.29, 0.717) is 18.8 Å². The van der Waals surface area contributed by atoms with Crippen molar-refractivity contribution in [1.82, 2.24) is 14.8 Å². The molecule has 0 amide bonds. The minimum Gasteiger partial charge on any atom is -0.301 e. The van der Waals surface area contributed by atoms with Crippen LogP contribution in [0.1, 0.15) is 29.4 Å². The molecule has 0 atom stereocenters. The van der Waals surface area contributed by atoms with Crippen LogP contribution in [-0.2, 0) is 23.0 Å². The maximum atomic E-state index is 11.5. The van der Waals surface area contributed by atoms with Crippen LogP contribution in [0, 0.1) is 13.8 Å². The number of aromatic nitrogens is 3. The number of sulfonamides is 1. The quantitative estimate of drug-likeness (QED) is 0.915. The number of hydrogen-bond acceptors (Lipinski definition) is 4. The van der Waals surface area contributed by atoms with Crippen molar-refractivity contribution in [2.24, 2.45) is 5.14 Å². The monoisotopic (exact) mass is 294 g/mol. The number of nitrogens with zero attached hydrogens (tertiary/aromatic N) is 3. The van der Waals surface area contributed by atoms with Crippen molar-refractivity contribution in [3.63, 3.8) is 0 Å². The SMILES string of the molecule is CCn1c(Cc2cc(C)ccc2C)nnc1S(N)(=O)=O. The Morgan fingerprint density at radius 2 is 1.95 bits per heavy atom. The van der Waals surface area contributed by atoms with E-state index in [1.54, 1.807) is 0 Å². The highest BCUT2D eigenvalue weighted by molar-refractivity contribution is 7.89. The molecule has 0 fully saturated rings. The van der Waals surface area contributed by atoms with E-state index in [0.717, 1.165) is 16.7 Å². The lowest BCUT2D eigenvalue weighted by atomic mass is 10.0. The fourth-order valence-corrected chi connectivity index (χ4v) is 2.84. The van der Waals surface area contributed by atoms with E-state index in [-0.39, 0.29) is 5.16 Å². The molecule has 6 nitrogen and oxygen atoms in total. The highest BCUT2D eigenvalue weighted by Crippen LogP contribution is 2.16. The molecule has 0 aliphatic heterocycles. The number of aryl methyl sites for hydroxylation is 2. The minimum absolute atomic E-state index is 0.180. The number of rotatable bonds is 4. The summed E-state index contributed by atoms with van der Waals surface area (Å²) in [4.78, 5) is 0. The molecule has 7 heteroatoms. The molecule has 2 aromatic rings. The Morgan fingerprint density at radius 1 is 1.25 bits per heavy atom. The predicted molar refractivity (Wildman–Crippen MR) is 75.8 cm³/mol. The zero-order valence-electron chi connectivity index (χ0n) is 11.8. The van der Waals surface area contributed by atoms with E-state index in [1.165, 1.54) is 4.57 Å². The molecular weight excluding hydrogens is 276 g/mol. The van der Waals surface area contributed by atoms with Crippen molar-refractivity contribution in [3.8, 4) is 0 Å². The van der Waals surface area contributed by atoms with Crippen molar-refractivity contribution >= 4 is 10.0 Å². The number of primary sulfonamides is 1. The summed E-state index contributed by atoms with van der Waals surface area (Å²) < 4.78 is 24.4. The molecule has 2 N–H and O–H groups in total. The van der Waals surface area contributed by atoms with Gasteiger partial charge >= 0.3 is 0 Å². The lowest BCUT2D eigenvalue weighted by Crippen LogP contribution is -2.19. The zero-order chi connectivity index (χ0) is 14.9. The van der Waals surface area contributed by atoms with E-state index < -0.39 is 10.0 Å². The van der Waals surface area contributed by atoms with Crippen LogP contribution in [0.2, 0.25) is 0 Å². The molecule has 1 aromatic carbocycles. The molecule has 1 aromatic heterocycles. The molecule has 2 rings (SSSR count). The van der Waals surface area contributed by atoms with E-state index >= 15 is 0 Å². The number of nitrogens with two attached hydrogens (primary N) is 1. The summed E-state index contributed by atoms with van der Waals surface area (Å²) in [5.74, 6) is 0.602. The van der Waals surface area contributed by atoms with Crippen molar-refractivity contribution in [2.75, 3.05) is 0 Å². The smallest absolute Gasteiger partial charge is 0.273 e. The molecule has 0 spiro atoms. The van der Waals surface area contributed by atoms with Crippen LogP contribution in [-0.4, -0.2) is 23.2 Å². The highest BCUT2D eigenvalue weighted by Gasteiger charge is 2.20. The first-order valence-electron chi connectivity index (χ1n) is 6.34. The minimum atomic E-state index is -3.85. The van der Waals surface area contributed by atoms with Gasteiger partial charge < -0.3 is 4.57 Å². The van der Waals surface area contributed by atoms with Gasteiger partial charge in [-0.2, -0.15) is 0 Å². The topological polar surface area (TPSA) is 90.9 Å². The molecule has 20 heavy (non-hydrogen) atoms. The molecule has 0 aliphatic carbocycles. The molecule has 0 unspecified atom stereocenters. The van der Waals surface area contributed by atoms with Gasteiger partial charge in [0.15, 0.2) is 0 Å². The Morgan fingerprint density at radius 3 is 2.55 bits per heavy atom. The fraction of sp³-hybridized carbons (Fsp3) is 0.385. The second-order valence-electron chi connectivity index (χ2n) is 4.79. The highest BCUT2D eigenvalue weighted by atomic mass is 32.2. The molecular formula is C13H18N4O2S. The van der Waals surface area contributed by atoms with Crippen molar-refractivity contribution in [1.29, 1.82) is 0 Å². The summed E-state index contributed by atoms with van der Waals surface area (Å²) in [6.07, 6.45) is 0.532. The van der Waals surface area contributed by atoms with Crippen LogP contribution < -0.4 is 5.14 Å². The Hall–Kier alpha value is -1.73. The predicted octanol–water partition coefficient (Wildman–Crippen LogP) is 1.15. The third-order valence-electron chi connectivity index (χ3n) is 3.22. The molecule has 1 heterocycles. The average molecular weight is 294 g/mol. The van der Waals surface area contributed by atoms with Gasteiger partial charge in [-0.3, -0.25) is 0 Å². The summed E-state index contributed by atoms with van der Waals surface area (Å²) >= 11 is 0. The van der Waals surface area contributed by atoms with Gasteiger partial charge in [-0.1, -0.05) is 23.8 Å². The van der Waals surface area contributed by atoms with Gasteiger partial charge in [0.25, 0.3) is 15.2 Å². The summed E-state index contributed by atoms with van der Waals surface area (Å²) in [6, 6.07) is 6.15. The first-order valence-corrected chi connectivity index (χ1v) is 7.88. The third-order valence-corrected chi connectivity index (χ3v) is 4.03. The van der Waals surface area contributed by atoms with E-state index in [1.807, 2.05) is 32.9 Å². The summed E-state index contributed by atoms with van der Waals surface area (Å²) in [7, 11) is -3.85. The Bertz CT molecular complexity index is 735. The Balaban J connectivity index is 2.45. The molecule has 0 bridgehead atoms. The maximum absolute atomic E-state index is 11.5. The van der Waals surface area contributed by atoms with Gasteiger partial charge in [0, 0.05) is 13.0 Å². The lowest BCUT2D eigenvalue weighted by molar-refractivity contribution is 0.565. The van der Waals surface area contributed by atoms with Crippen molar-refractivity contribution in [3.05, 3.63) is 40.7 Å². The van der Waals surface area contributed by atoms with Gasteiger partial charge in [-0.25, -0.2) is 13.6 Å². The number of benzene rings is 1. The van der Waals surface area contributed by atoms with E-state index in [4.69, 9.17) is 5.14 Å². The van der Waals surface area contributed by atoms with Gasteiger partial charge in [0.05, 0.1) is 0 Å². The molecule has 108 valence electrons. The summed E-state index contributed by atoms with van der Waals surface area (Å²) in [6.45, 7) is 6.33. The van der Waals surface area contributed by atoms with Crippen LogP contribution in [0.25, 0.3) is 0 Å². The van der Waals surface area contributed by atoms with Gasteiger partial charge in [0.2, 0.25) is 0 Å². The van der Waals surface area contributed by atoms with Gasteiger partial charge in [0.1, 0.15) is 5.82 Å². The van der Waals surface area contributed by atoms with E-state index in [2.05, 4.69) is 16.3 Å². The second kappa shape index (κ2) is 5.34. The van der Waals surface area contributed by atoms with Crippen LogP contribution in [0.5, 0.6) is 0 Å². The standard InChI is InChI=1S/C13H18N4O2S/c1-4-17-12(15-16-13(17)20(14,18)19)8-11-7-9(2)5-6-10(11)3/h5-7H,4,8H2,1-3H3,(H2,14,18,19). The van der Waals surface area contributed by atoms with Crippen molar-refractivity contribution in [2.45, 2.75) is 38.9 Å².